The number of rotatable bonds is 4. The summed E-state index contributed by atoms with van der Waals surface area (Å²) in [6.07, 6.45) is 8.66. The third kappa shape index (κ3) is 4.80. The first-order chi connectivity index (χ1) is 13.0. The quantitative estimate of drug-likeness (QED) is 0.557. The van der Waals surface area contributed by atoms with E-state index in [0.29, 0.717) is 6.42 Å². The fraction of sp³-hybridized carbons (Fsp3) is 0.619. The van der Waals surface area contributed by atoms with E-state index in [9.17, 15) is 14.7 Å². The van der Waals surface area contributed by atoms with Gasteiger partial charge in [0, 0.05) is 6.04 Å². The summed E-state index contributed by atoms with van der Waals surface area (Å²) in [4.78, 5) is 24.5. The summed E-state index contributed by atoms with van der Waals surface area (Å²) >= 11 is 0. The average molecular weight is 374 g/mol. The average Bonchev–Trinajstić information content (AvgIpc) is 2.94. The van der Waals surface area contributed by atoms with Gasteiger partial charge in [-0.05, 0) is 55.4 Å². The largest absolute Gasteiger partial charge is 0.497 e. The predicted molar refractivity (Wildman–Crippen MR) is 102 cm³/mol. The molecule has 0 aromatic heterocycles. The summed E-state index contributed by atoms with van der Waals surface area (Å²) in [6, 6.07) is 5.68. The Labute approximate surface area is 160 Å². The third-order valence-electron chi connectivity index (χ3n) is 5.79. The zero-order valence-corrected chi connectivity index (χ0v) is 16.1. The summed E-state index contributed by atoms with van der Waals surface area (Å²) in [6.45, 7) is 0.0310. The minimum absolute atomic E-state index is 0.0310. The molecule has 2 amide bonds. The molecule has 1 aromatic rings. The Morgan fingerprint density at radius 1 is 1.15 bits per heavy atom. The summed E-state index contributed by atoms with van der Waals surface area (Å²) in [5.41, 5.74) is 0.678. The Morgan fingerprint density at radius 3 is 2.59 bits per heavy atom. The summed E-state index contributed by atoms with van der Waals surface area (Å²) in [5, 5.41) is 16.6. The van der Waals surface area contributed by atoms with E-state index in [1.165, 1.54) is 12.8 Å². The van der Waals surface area contributed by atoms with E-state index in [1.54, 1.807) is 7.11 Å². The number of aliphatic hydroxyl groups is 1. The molecule has 0 spiro atoms. The monoisotopic (exact) mass is 374 g/mol. The number of benzene rings is 1. The molecule has 1 fully saturated rings. The van der Waals surface area contributed by atoms with Gasteiger partial charge >= 0.3 is 11.8 Å². The zero-order valence-electron chi connectivity index (χ0n) is 16.1. The molecular weight excluding hydrogens is 344 g/mol. The van der Waals surface area contributed by atoms with Crippen LogP contribution in [0.3, 0.4) is 0 Å². The highest BCUT2D eigenvalue weighted by Crippen LogP contribution is 2.36. The SMILES string of the molecule is COc1ccc2c(c1)CCCC2(O)CNC(=O)C(=O)NC1CCCCCC1. The lowest BCUT2D eigenvalue weighted by Crippen LogP contribution is -2.49. The molecule has 0 radical (unpaired) electrons. The van der Waals surface area contributed by atoms with Crippen LogP contribution in [0.4, 0.5) is 0 Å². The predicted octanol–water partition coefficient (Wildman–Crippen LogP) is 2.17. The van der Waals surface area contributed by atoms with Crippen molar-refractivity contribution in [2.24, 2.45) is 0 Å². The van der Waals surface area contributed by atoms with E-state index in [1.807, 2.05) is 18.2 Å². The van der Waals surface area contributed by atoms with Gasteiger partial charge in [-0.15, -0.1) is 0 Å². The lowest BCUT2D eigenvalue weighted by atomic mass is 9.79. The van der Waals surface area contributed by atoms with Crippen molar-refractivity contribution < 1.29 is 19.4 Å². The maximum atomic E-state index is 12.2. The number of nitrogens with one attached hydrogen (secondary N) is 2. The molecule has 0 aliphatic heterocycles. The van der Waals surface area contributed by atoms with Gasteiger partial charge in [0.1, 0.15) is 11.4 Å². The smallest absolute Gasteiger partial charge is 0.309 e. The molecule has 3 rings (SSSR count). The summed E-state index contributed by atoms with van der Waals surface area (Å²) in [5.74, 6) is -0.519. The number of carbonyl (C=O) groups is 2. The van der Waals surface area contributed by atoms with Gasteiger partial charge in [0.2, 0.25) is 0 Å². The van der Waals surface area contributed by atoms with Gasteiger partial charge in [-0.2, -0.15) is 0 Å². The fourth-order valence-corrected chi connectivity index (χ4v) is 4.23. The molecule has 2 aliphatic carbocycles. The van der Waals surface area contributed by atoms with Gasteiger partial charge in [0.05, 0.1) is 13.7 Å². The third-order valence-corrected chi connectivity index (χ3v) is 5.79. The molecule has 6 nitrogen and oxygen atoms in total. The standard InChI is InChI=1S/C21H30N2O4/c1-27-17-10-11-18-15(13-17)7-6-12-21(18,26)14-22-19(24)20(25)23-16-8-4-2-3-5-9-16/h10-11,13,16,26H,2-9,12,14H2,1H3,(H,22,24)(H,23,25). The molecule has 1 atom stereocenters. The van der Waals surface area contributed by atoms with Crippen molar-refractivity contribution in [1.29, 1.82) is 0 Å². The maximum absolute atomic E-state index is 12.2. The Bertz CT molecular complexity index is 683. The summed E-state index contributed by atoms with van der Waals surface area (Å²) in [7, 11) is 1.61. The number of amides is 2. The van der Waals surface area contributed by atoms with Crippen LogP contribution in [0.15, 0.2) is 18.2 Å². The first kappa shape index (κ1) is 19.7. The number of hydrogen-bond acceptors (Lipinski definition) is 4. The Balaban J connectivity index is 1.59. The highest BCUT2D eigenvalue weighted by Gasteiger charge is 2.35. The van der Waals surface area contributed by atoms with Crippen LogP contribution in [0.1, 0.15) is 62.5 Å². The zero-order chi connectivity index (χ0) is 19.3. The van der Waals surface area contributed by atoms with Gasteiger partial charge in [0.25, 0.3) is 0 Å². The molecule has 148 valence electrons. The number of aryl methyl sites for hydroxylation is 1. The number of hydrogen-bond donors (Lipinski definition) is 3. The molecule has 1 unspecified atom stereocenters. The molecule has 0 heterocycles. The second-order valence-electron chi connectivity index (χ2n) is 7.75. The Kier molecular flexibility index (Phi) is 6.37. The molecule has 0 bridgehead atoms. The van der Waals surface area contributed by atoms with Crippen LogP contribution in [0.5, 0.6) is 5.75 Å². The molecule has 27 heavy (non-hydrogen) atoms. The van der Waals surface area contributed by atoms with E-state index in [2.05, 4.69) is 10.6 Å². The Morgan fingerprint density at radius 2 is 1.89 bits per heavy atom. The van der Waals surface area contributed by atoms with Gasteiger partial charge in [0.15, 0.2) is 0 Å². The van der Waals surface area contributed by atoms with Crippen molar-refractivity contribution in [3.05, 3.63) is 29.3 Å². The van der Waals surface area contributed by atoms with Gasteiger partial charge in [-0.3, -0.25) is 9.59 Å². The van der Waals surface area contributed by atoms with Crippen LogP contribution in [0, 0.1) is 0 Å². The van der Waals surface area contributed by atoms with E-state index in [-0.39, 0.29) is 12.6 Å². The second kappa shape index (κ2) is 8.74. The van der Waals surface area contributed by atoms with Crippen molar-refractivity contribution in [3.63, 3.8) is 0 Å². The normalized spacial score (nSPS) is 23.0. The van der Waals surface area contributed by atoms with Gasteiger partial charge in [-0.25, -0.2) is 0 Å². The second-order valence-corrected chi connectivity index (χ2v) is 7.75. The van der Waals surface area contributed by atoms with Crippen LogP contribution in [0.25, 0.3) is 0 Å². The van der Waals surface area contributed by atoms with E-state index >= 15 is 0 Å². The number of methoxy groups -OCH3 is 1. The van der Waals surface area contributed by atoms with Crippen LogP contribution in [0.2, 0.25) is 0 Å². The van der Waals surface area contributed by atoms with Crippen LogP contribution < -0.4 is 15.4 Å². The molecule has 2 aliphatic rings. The van der Waals surface area contributed by atoms with E-state index in [4.69, 9.17) is 4.74 Å². The van der Waals surface area contributed by atoms with Crippen LogP contribution in [-0.2, 0) is 21.6 Å². The van der Waals surface area contributed by atoms with Crippen LogP contribution >= 0.6 is 0 Å². The van der Waals surface area contributed by atoms with Crippen molar-refractivity contribution in [2.45, 2.75) is 69.4 Å². The molecular formula is C21H30N2O4. The highest BCUT2D eigenvalue weighted by molar-refractivity contribution is 6.35. The number of ether oxygens (including phenoxy) is 1. The Hall–Kier alpha value is -2.08. The minimum Gasteiger partial charge on any atom is -0.497 e. The van der Waals surface area contributed by atoms with E-state index < -0.39 is 17.4 Å². The molecule has 0 saturated heterocycles. The first-order valence-electron chi connectivity index (χ1n) is 10.0. The molecule has 1 aromatic carbocycles. The first-order valence-corrected chi connectivity index (χ1v) is 10.0. The lowest BCUT2D eigenvalue weighted by molar-refractivity contribution is -0.140. The van der Waals surface area contributed by atoms with Crippen molar-refractivity contribution in [1.82, 2.24) is 10.6 Å². The summed E-state index contributed by atoms with van der Waals surface area (Å²) < 4.78 is 5.25. The van der Waals surface area contributed by atoms with Crippen LogP contribution in [-0.4, -0.2) is 36.6 Å². The van der Waals surface area contributed by atoms with Crippen molar-refractivity contribution in [3.8, 4) is 5.75 Å². The molecule has 3 N–H and O–H groups in total. The topological polar surface area (TPSA) is 87.7 Å². The number of carbonyl (C=O) groups excluding carboxylic acids is 2. The van der Waals surface area contributed by atoms with E-state index in [0.717, 1.165) is 55.4 Å². The fourth-order valence-electron chi connectivity index (χ4n) is 4.23. The minimum atomic E-state index is -1.15. The molecule has 1 saturated carbocycles. The van der Waals surface area contributed by atoms with Gasteiger partial charge in [-0.1, -0.05) is 31.7 Å². The lowest BCUT2D eigenvalue weighted by Gasteiger charge is -2.34. The number of fused-ring (bicyclic) bond motifs is 1. The van der Waals surface area contributed by atoms with Gasteiger partial charge < -0.3 is 20.5 Å². The van der Waals surface area contributed by atoms with Crippen molar-refractivity contribution >= 4 is 11.8 Å². The maximum Gasteiger partial charge on any atom is 0.309 e. The molecule has 6 heteroatoms. The highest BCUT2D eigenvalue weighted by atomic mass is 16.5. The van der Waals surface area contributed by atoms with Crippen molar-refractivity contribution in [2.75, 3.05) is 13.7 Å².